The zero-order chi connectivity index (χ0) is 14.2. The lowest BCUT2D eigenvalue weighted by molar-refractivity contribution is -0.121. The highest BCUT2D eigenvalue weighted by atomic mass is 16.1. The molecule has 116 valence electrons. The van der Waals surface area contributed by atoms with Crippen molar-refractivity contribution in [2.24, 2.45) is 5.92 Å². The molecule has 1 unspecified atom stereocenters. The van der Waals surface area contributed by atoms with Gasteiger partial charge in [0.25, 0.3) is 0 Å². The number of amides is 1. The normalized spacial score (nSPS) is 24.9. The van der Waals surface area contributed by atoms with E-state index >= 15 is 0 Å². The summed E-state index contributed by atoms with van der Waals surface area (Å²) in [7, 11) is 0. The van der Waals surface area contributed by atoms with Gasteiger partial charge in [-0.15, -0.1) is 0 Å². The molecular weight excluding hydrogens is 248 g/mol. The number of carbonyl (C=O) groups excluding carboxylic acids is 1. The van der Waals surface area contributed by atoms with Gasteiger partial charge in [0.1, 0.15) is 0 Å². The van der Waals surface area contributed by atoms with Crippen LogP contribution in [0, 0.1) is 5.92 Å². The Kier molecular flexibility index (Phi) is 6.85. The van der Waals surface area contributed by atoms with Gasteiger partial charge in [0.05, 0.1) is 0 Å². The first-order valence-corrected chi connectivity index (χ1v) is 8.80. The van der Waals surface area contributed by atoms with E-state index < -0.39 is 0 Å². The maximum absolute atomic E-state index is 11.9. The Balaban J connectivity index is 1.53. The predicted octanol–water partition coefficient (Wildman–Crippen LogP) is 3.34. The van der Waals surface area contributed by atoms with Gasteiger partial charge in [-0.1, -0.05) is 39.0 Å². The summed E-state index contributed by atoms with van der Waals surface area (Å²) in [5, 5.41) is 3.15. The molecule has 0 spiro atoms. The summed E-state index contributed by atoms with van der Waals surface area (Å²) in [4.78, 5) is 14.4. The van der Waals surface area contributed by atoms with Crippen LogP contribution in [0.4, 0.5) is 0 Å². The van der Waals surface area contributed by atoms with E-state index in [2.05, 4.69) is 17.1 Å². The Hall–Kier alpha value is -0.570. The molecule has 0 radical (unpaired) electrons. The third-order valence-corrected chi connectivity index (χ3v) is 5.18. The molecule has 1 N–H and O–H groups in total. The molecule has 2 rings (SSSR count). The molecule has 1 aliphatic carbocycles. The van der Waals surface area contributed by atoms with Gasteiger partial charge in [-0.25, -0.2) is 0 Å². The number of hydrogen-bond acceptors (Lipinski definition) is 2. The van der Waals surface area contributed by atoms with Gasteiger partial charge in [0.2, 0.25) is 5.91 Å². The van der Waals surface area contributed by atoms with Crippen molar-refractivity contribution < 1.29 is 4.79 Å². The van der Waals surface area contributed by atoms with E-state index in [-0.39, 0.29) is 5.91 Å². The fraction of sp³-hybridized carbons (Fsp3) is 0.941. The number of carbonyl (C=O) groups is 1. The van der Waals surface area contributed by atoms with E-state index in [1.165, 1.54) is 57.9 Å². The summed E-state index contributed by atoms with van der Waals surface area (Å²) in [5.41, 5.74) is 0. The van der Waals surface area contributed by atoms with Crippen LogP contribution in [0.2, 0.25) is 0 Å². The molecule has 1 aliphatic heterocycles. The van der Waals surface area contributed by atoms with Crippen molar-refractivity contribution in [1.82, 2.24) is 10.2 Å². The molecule has 1 heterocycles. The van der Waals surface area contributed by atoms with Crippen LogP contribution in [0.5, 0.6) is 0 Å². The third-order valence-electron chi connectivity index (χ3n) is 5.18. The summed E-state index contributed by atoms with van der Waals surface area (Å²) in [6.45, 7) is 5.39. The zero-order valence-corrected chi connectivity index (χ0v) is 13.2. The number of nitrogens with zero attached hydrogens (tertiary/aromatic N) is 1. The van der Waals surface area contributed by atoms with Crippen molar-refractivity contribution in [2.45, 2.75) is 77.2 Å². The van der Waals surface area contributed by atoms with E-state index in [0.29, 0.717) is 6.04 Å². The molecule has 2 fully saturated rings. The summed E-state index contributed by atoms with van der Waals surface area (Å²) in [6.07, 6.45) is 12.6. The highest BCUT2D eigenvalue weighted by Gasteiger charge is 2.23. The largest absolute Gasteiger partial charge is 0.355 e. The average molecular weight is 280 g/mol. The molecule has 0 aromatic carbocycles. The maximum Gasteiger partial charge on any atom is 0.220 e. The Labute approximate surface area is 124 Å². The van der Waals surface area contributed by atoms with E-state index in [1.807, 2.05) is 0 Å². The van der Waals surface area contributed by atoms with Crippen molar-refractivity contribution in [3.05, 3.63) is 0 Å². The van der Waals surface area contributed by atoms with Crippen molar-refractivity contribution in [2.75, 3.05) is 19.6 Å². The predicted molar refractivity (Wildman–Crippen MR) is 83.7 cm³/mol. The standard InChI is InChI=1S/C17H32N2O/c1-2-19-13-7-11-16(19)14-18-17(20)12-6-10-15-8-4-3-5-9-15/h15-16H,2-14H2,1H3,(H,18,20). The molecule has 20 heavy (non-hydrogen) atoms. The van der Waals surface area contributed by atoms with Crippen molar-refractivity contribution in [3.8, 4) is 0 Å². The van der Waals surface area contributed by atoms with E-state index in [4.69, 9.17) is 0 Å². The summed E-state index contributed by atoms with van der Waals surface area (Å²) < 4.78 is 0. The van der Waals surface area contributed by atoms with Crippen molar-refractivity contribution in [1.29, 1.82) is 0 Å². The highest BCUT2D eigenvalue weighted by molar-refractivity contribution is 5.75. The van der Waals surface area contributed by atoms with Gasteiger partial charge in [0.15, 0.2) is 0 Å². The molecule has 1 saturated carbocycles. The maximum atomic E-state index is 11.9. The topological polar surface area (TPSA) is 32.3 Å². The number of likely N-dealkylation sites (N-methyl/N-ethyl adjacent to an activating group) is 1. The smallest absolute Gasteiger partial charge is 0.220 e. The Morgan fingerprint density at radius 2 is 1.95 bits per heavy atom. The second kappa shape index (κ2) is 8.66. The Morgan fingerprint density at radius 3 is 2.70 bits per heavy atom. The molecule has 1 amide bonds. The lowest BCUT2D eigenvalue weighted by atomic mass is 9.86. The van der Waals surface area contributed by atoms with Crippen LogP contribution in [-0.2, 0) is 4.79 Å². The fourth-order valence-electron chi connectivity index (χ4n) is 3.89. The lowest BCUT2D eigenvalue weighted by Crippen LogP contribution is -2.39. The molecule has 0 aromatic rings. The van der Waals surface area contributed by atoms with E-state index in [0.717, 1.165) is 31.8 Å². The third kappa shape index (κ3) is 5.08. The van der Waals surface area contributed by atoms with Gasteiger partial charge < -0.3 is 5.32 Å². The van der Waals surface area contributed by atoms with Crippen LogP contribution in [0.25, 0.3) is 0 Å². The second-order valence-corrected chi connectivity index (χ2v) is 6.62. The molecule has 2 aliphatic rings. The molecule has 3 heteroatoms. The lowest BCUT2D eigenvalue weighted by Gasteiger charge is -2.23. The number of hydrogen-bond donors (Lipinski definition) is 1. The van der Waals surface area contributed by atoms with E-state index in [9.17, 15) is 4.79 Å². The molecule has 1 saturated heterocycles. The average Bonchev–Trinajstić information content (AvgIpc) is 2.94. The Morgan fingerprint density at radius 1 is 1.15 bits per heavy atom. The fourth-order valence-corrected chi connectivity index (χ4v) is 3.89. The van der Waals surface area contributed by atoms with Crippen molar-refractivity contribution in [3.63, 3.8) is 0 Å². The second-order valence-electron chi connectivity index (χ2n) is 6.62. The van der Waals surface area contributed by atoms with Gasteiger partial charge in [-0.2, -0.15) is 0 Å². The quantitative estimate of drug-likeness (QED) is 0.776. The van der Waals surface area contributed by atoms with Crippen LogP contribution in [0.1, 0.15) is 71.1 Å². The van der Waals surface area contributed by atoms with Crippen LogP contribution in [0.3, 0.4) is 0 Å². The number of likely N-dealkylation sites (tertiary alicyclic amines) is 1. The zero-order valence-electron chi connectivity index (χ0n) is 13.2. The monoisotopic (exact) mass is 280 g/mol. The first-order valence-electron chi connectivity index (χ1n) is 8.80. The Bertz CT molecular complexity index is 287. The number of rotatable bonds is 7. The minimum atomic E-state index is 0.267. The van der Waals surface area contributed by atoms with Gasteiger partial charge in [-0.3, -0.25) is 9.69 Å². The van der Waals surface area contributed by atoms with Gasteiger partial charge in [0, 0.05) is 19.0 Å². The first kappa shape index (κ1) is 15.8. The molecule has 3 nitrogen and oxygen atoms in total. The molecule has 0 aromatic heterocycles. The number of nitrogens with one attached hydrogen (secondary N) is 1. The van der Waals surface area contributed by atoms with Crippen LogP contribution >= 0.6 is 0 Å². The summed E-state index contributed by atoms with van der Waals surface area (Å²) in [5.74, 6) is 1.17. The summed E-state index contributed by atoms with van der Waals surface area (Å²) >= 11 is 0. The first-order chi connectivity index (χ1) is 9.79. The van der Waals surface area contributed by atoms with E-state index in [1.54, 1.807) is 0 Å². The molecule has 0 bridgehead atoms. The van der Waals surface area contributed by atoms with Gasteiger partial charge in [-0.05, 0) is 44.7 Å². The molecule has 1 atom stereocenters. The summed E-state index contributed by atoms with van der Waals surface area (Å²) in [6, 6.07) is 0.585. The van der Waals surface area contributed by atoms with Crippen molar-refractivity contribution >= 4 is 5.91 Å². The molecular formula is C17H32N2O. The van der Waals surface area contributed by atoms with Crippen LogP contribution in [0.15, 0.2) is 0 Å². The SMILES string of the molecule is CCN1CCCC1CNC(=O)CCCC1CCCCC1. The van der Waals surface area contributed by atoms with Crippen LogP contribution in [-0.4, -0.2) is 36.5 Å². The van der Waals surface area contributed by atoms with Gasteiger partial charge >= 0.3 is 0 Å². The van der Waals surface area contributed by atoms with Crippen LogP contribution < -0.4 is 5.32 Å². The highest BCUT2D eigenvalue weighted by Crippen LogP contribution is 2.27. The minimum absolute atomic E-state index is 0.267. The minimum Gasteiger partial charge on any atom is -0.355 e.